The molecule has 0 aromatic heterocycles. The monoisotopic (exact) mass is 322 g/mol. The van der Waals surface area contributed by atoms with Crippen LogP contribution in [0.2, 0.25) is 0 Å². The van der Waals surface area contributed by atoms with Crippen LogP contribution in [-0.4, -0.2) is 18.4 Å². The van der Waals surface area contributed by atoms with Gasteiger partial charge in [-0.05, 0) is 55.7 Å². The van der Waals surface area contributed by atoms with Crippen LogP contribution in [0.1, 0.15) is 23.1 Å². The lowest BCUT2D eigenvalue weighted by atomic mass is 10.1. The highest BCUT2D eigenvalue weighted by molar-refractivity contribution is 6.03. The number of nitrogens with zero attached hydrogens (tertiary/aromatic N) is 1. The maximum atomic E-state index is 12.5. The lowest BCUT2D eigenvalue weighted by Crippen LogP contribution is -2.28. The third-order valence-electron chi connectivity index (χ3n) is 4.70. The lowest BCUT2D eigenvalue weighted by molar-refractivity contribution is -0.122. The Balaban J connectivity index is 1.73. The molecule has 0 unspecified atom stereocenters. The number of amides is 2. The van der Waals surface area contributed by atoms with Crippen molar-refractivity contribution in [1.82, 2.24) is 0 Å². The molecule has 1 N–H and O–H groups in total. The summed E-state index contributed by atoms with van der Waals surface area (Å²) in [5, 5.41) is 2.95. The number of hydrogen-bond acceptors (Lipinski definition) is 2. The minimum absolute atomic E-state index is 0.00295. The van der Waals surface area contributed by atoms with Crippen molar-refractivity contribution in [3.8, 4) is 0 Å². The largest absolute Gasteiger partial charge is 0.326 e. The van der Waals surface area contributed by atoms with E-state index in [4.69, 9.17) is 0 Å². The molecule has 3 rings (SSSR count). The molecule has 2 amide bonds. The van der Waals surface area contributed by atoms with Gasteiger partial charge in [-0.3, -0.25) is 9.59 Å². The summed E-state index contributed by atoms with van der Waals surface area (Å²) in [5.74, 6) is -0.411. The summed E-state index contributed by atoms with van der Waals surface area (Å²) in [5.41, 5.74) is 5.03. The van der Waals surface area contributed by atoms with E-state index >= 15 is 0 Å². The first-order valence-electron chi connectivity index (χ1n) is 8.20. The average molecular weight is 322 g/mol. The van der Waals surface area contributed by atoms with Gasteiger partial charge < -0.3 is 10.2 Å². The van der Waals surface area contributed by atoms with E-state index in [1.165, 1.54) is 5.56 Å². The smallest absolute Gasteiger partial charge is 0.229 e. The molecule has 1 aliphatic heterocycles. The molecule has 1 heterocycles. The molecule has 0 aliphatic carbocycles. The number of hydrogen-bond donors (Lipinski definition) is 1. The van der Waals surface area contributed by atoms with Gasteiger partial charge in [0.05, 0.1) is 5.92 Å². The van der Waals surface area contributed by atoms with Crippen molar-refractivity contribution in [2.24, 2.45) is 5.92 Å². The van der Waals surface area contributed by atoms with Gasteiger partial charge >= 0.3 is 0 Å². The Morgan fingerprint density at radius 2 is 1.79 bits per heavy atom. The van der Waals surface area contributed by atoms with Crippen molar-refractivity contribution >= 4 is 23.2 Å². The number of benzene rings is 2. The molecule has 4 heteroatoms. The van der Waals surface area contributed by atoms with E-state index in [2.05, 4.69) is 5.32 Å². The Kier molecular flexibility index (Phi) is 4.38. The highest BCUT2D eigenvalue weighted by atomic mass is 16.2. The Labute approximate surface area is 142 Å². The quantitative estimate of drug-likeness (QED) is 0.938. The first kappa shape index (κ1) is 16.2. The first-order chi connectivity index (χ1) is 11.5. The topological polar surface area (TPSA) is 49.4 Å². The van der Waals surface area contributed by atoms with Gasteiger partial charge in [0.25, 0.3) is 0 Å². The second-order valence-corrected chi connectivity index (χ2v) is 6.48. The number of rotatable bonds is 3. The predicted molar refractivity (Wildman–Crippen MR) is 96.2 cm³/mol. The van der Waals surface area contributed by atoms with Crippen molar-refractivity contribution in [3.63, 3.8) is 0 Å². The molecule has 1 saturated heterocycles. The Morgan fingerprint density at radius 1 is 1.04 bits per heavy atom. The Morgan fingerprint density at radius 3 is 2.50 bits per heavy atom. The van der Waals surface area contributed by atoms with Crippen LogP contribution in [0, 0.1) is 26.7 Å². The van der Waals surface area contributed by atoms with Gasteiger partial charge in [-0.15, -0.1) is 0 Å². The summed E-state index contributed by atoms with van der Waals surface area (Å²) >= 11 is 0. The minimum Gasteiger partial charge on any atom is -0.326 e. The highest BCUT2D eigenvalue weighted by Crippen LogP contribution is 2.28. The third kappa shape index (κ3) is 3.18. The molecular formula is C20H22N2O2. The van der Waals surface area contributed by atoms with Crippen LogP contribution < -0.4 is 10.2 Å². The zero-order valence-corrected chi connectivity index (χ0v) is 14.3. The van der Waals surface area contributed by atoms with Crippen LogP contribution in [-0.2, 0) is 9.59 Å². The van der Waals surface area contributed by atoms with Gasteiger partial charge in [0.2, 0.25) is 11.8 Å². The van der Waals surface area contributed by atoms with Gasteiger partial charge in [-0.1, -0.05) is 24.3 Å². The van der Waals surface area contributed by atoms with E-state index in [9.17, 15) is 9.59 Å². The fourth-order valence-electron chi connectivity index (χ4n) is 2.97. The molecule has 0 saturated carbocycles. The number of carbonyl (C=O) groups is 2. The number of nitrogens with one attached hydrogen (secondary N) is 1. The van der Waals surface area contributed by atoms with Crippen LogP contribution >= 0.6 is 0 Å². The van der Waals surface area contributed by atoms with Crippen LogP contribution in [0.25, 0.3) is 0 Å². The zero-order chi connectivity index (χ0) is 17.3. The molecule has 0 bridgehead atoms. The van der Waals surface area contributed by atoms with Crippen LogP contribution in [0.15, 0.2) is 42.5 Å². The van der Waals surface area contributed by atoms with Gasteiger partial charge in [0.1, 0.15) is 0 Å². The van der Waals surface area contributed by atoms with E-state index in [0.717, 1.165) is 22.5 Å². The molecule has 124 valence electrons. The maximum Gasteiger partial charge on any atom is 0.229 e. The van der Waals surface area contributed by atoms with Gasteiger partial charge in [-0.2, -0.15) is 0 Å². The second-order valence-electron chi connectivity index (χ2n) is 6.48. The number of para-hydroxylation sites is 1. The number of aryl methyl sites for hydroxylation is 3. The predicted octanol–water partition coefficient (Wildman–Crippen LogP) is 3.60. The second kappa shape index (κ2) is 6.48. The maximum absolute atomic E-state index is 12.5. The molecule has 1 aliphatic rings. The van der Waals surface area contributed by atoms with Gasteiger partial charge in [-0.25, -0.2) is 0 Å². The summed E-state index contributed by atoms with van der Waals surface area (Å²) in [6, 6.07) is 13.6. The molecule has 2 aromatic carbocycles. The van der Waals surface area contributed by atoms with E-state index in [1.807, 2.05) is 63.2 Å². The van der Waals surface area contributed by atoms with Crippen molar-refractivity contribution in [1.29, 1.82) is 0 Å². The SMILES string of the molecule is Cc1ccc(N2C[C@H](C(=O)Nc3ccccc3C)CC2=O)cc1C. The summed E-state index contributed by atoms with van der Waals surface area (Å²) in [7, 11) is 0. The number of anilines is 2. The van der Waals surface area contributed by atoms with E-state index in [-0.39, 0.29) is 24.2 Å². The molecular weight excluding hydrogens is 300 g/mol. The summed E-state index contributed by atoms with van der Waals surface area (Å²) in [4.78, 5) is 26.6. The minimum atomic E-state index is -0.321. The van der Waals surface area contributed by atoms with Crippen molar-refractivity contribution in [2.45, 2.75) is 27.2 Å². The Bertz CT molecular complexity index is 798. The molecule has 2 aromatic rings. The number of carbonyl (C=O) groups excluding carboxylic acids is 2. The van der Waals surface area contributed by atoms with Crippen molar-refractivity contribution in [2.75, 3.05) is 16.8 Å². The molecule has 1 fully saturated rings. The Hall–Kier alpha value is -2.62. The van der Waals surface area contributed by atoms with Crippen LogP contribution in [0.3, 0.4) is 0 Å². The van der Waals surface area contributed by atoms with E-state index < -0.39 is 0 Å². The van der Waals surface area contributed by atoms with Gasteiger partial charge in [0.15, 0.2) is 0 Å². The lowest BCUT2D eigenvalue weighted by Gasteiger charge is -2.18. The normalized spacial score (nSPS) is 17.2. The average Bonchev–Trinajstić information content (AvgIpc) is 2.94. The zero-order valence-electron chi connectivity index (χ0n) is 14.3. The molecule has 4 nitrogen and oxygen atoms in total. The molecule has 24 heavy (non-hydrogen) atoms. The summed E-state index contributed by atoms with van der Waals surface area (Å²) in [6.45, 7) is 6.46. The van der Waals surface area contributed by atoms with Crippen LogP contribution in [0.4, 0.5) is 11.4 Å². The highest BCUT2D eigenvalue weighted by Gasteiger charge is 2.35. The standard InChI is InChI=1S/C20H22N2O2/c1-13-8-9-17(10-15(13)3)22-12-16(11-19(22)23)20(24)21-18-7-5-4-6-14(18)2/h4-10,16H,11-12H2,1-3H3,(H,21,24)/t16-/m1/s1. The molecule has 1 atom stereocenters. The fraction of sp³-hybridized carbons (Fsp3) is 0.300. The first-order valence-corrected chi connectivity index (χ1v) is 8.20. The summed E-state index contributed by atoms with van der Waals surface area (Å²) < 4.78 is 0. The molecule has 0 spiro atoms. The van der Waals surface area contributed by atoms with Crippen molar-refractivity contribution in [3.05, 3.63) is 59.2 Å². The van der Waals surface area contributed by atoms with Gasteiger partial charge in [0, 0.05) is 24.3 Å². The van der Waals surface area contributed by atoms with E-state index in [1.54, 1.807) is 4.90 Å². The third-order valence-corrected chi connectivity index (χ3v) is 4.70. The molecule has 0 radical (unpaired) electrons. The van der Waals surface area contributed by atoms with Crippen LogP contribution in [0.5, 0.6) is 0 Å². The van der Waals surface area contributed by atoms with E-state index in [0.29, 0.717) is 6.54 Å². The summed E-state index contributed by atoms with van der Waals surface area (Å²) in [6.07, 6.45) is 0.255. The fourth-order valence-corrected chi connectivity index (χ4v) is 2.97. The van der Waals surface area contributed by atoms with Crippen molar-refractivity contribution < 1.29 is 9.59 Å².